The maximum atomic E-state index is 12.7. The summed E-state index contributed by atoms with van der Waals surface area (Å²) in [6.07, 6.45) is 2.92. The zero-order chi connectivity index (χ0) is 20.8. The van der Waals surface area contributed by atoms with Crippen LogP contribution in [0, 0.1) is 6.92 Å². The minimum absolute atomic E-state index is 0.268. The third-order valence-electron chi connectivity index (χ3n) is 4.67. The number of aryl methyl sites for hydroxylation is 1. The Morgan fingerprint density at radius 2 is 1.59 bits per heavy atom. The van der Waals surface area contributed by atoms with Gasteiger partial charge in [-0.15, -0.1) is 0 Å². The van der Waals surface area contributed by atoms with E-state index in [1.54, 1.807) is 6.07 Å². The number of aromatic nitrogens is 1. The molecule has 5 heteroatoms. The lowest BCUT2D eigenvalue weighted by Crippen LogP contribution is -2.23. The van der Waals surface area contributed by atoms with Gasteiger partial charge in [-0.2, -0.15) is 0 Å². The number of pyridine rings is 1. The Bertz CT molecular complexity index is 1010. The smallest absolute Gasteiger partial charge is 0.257 e. The van der Waals surface area contributed by atoms with Crippen molar-refractivity contribution in [2.45, 2.75) is 33.2 Å². The fourth-order valence-electron chi connectivity index (χ4n) is 2.99. The molecule has 2 N–H and O–H groups in total. The van der Waals surface area contributed by atoms with Gasteiger partial charge in [0.15, 0.2) is 0 Å². The van der Waals surface area contributed by atoms with Crippen LogP contribution in [0.3, 0.4) is 0 Å². The highest BCUT2D eigenvalue weighted by molar-refractivity contribution is 6.06. The number of rotatable bonds is 6. The molecule has 1 heterocycles. The number of para-hydroxylation sites is 1. The third-order valence-corrected chi connectivity index (χ3v) is 4.67. The van der Waals surface area contributed by atoms with Gasteiger partial charge in [0.1, 0.15) is 0 Å². The van der Waals surface area contributed by atoms with E-state index in [1.165, 1.54) is 18.0 Å². The molecule has 3 aromatic rings. The Balaban J connectivity index is 1.69. The Labute approximate surface area is 171 Å². The Kier molecular flexibility index (Phi) is 6.39. The molecule has 0 saturated carbocycles. The molecule has 2 aromatic carbocycles. The average molecular weight is 387 g/mol. The van der Waals surface area contributed by atoms with E-state index in [9.17, 15) is 9.59 Å². The van der Waals surface area contributed by atoms with Gasteiger partial charge in [-0.1, -0.05) is 61.9 Å². The van der Waals surface area contributed by atoms with E-state index in [-0.39, 0.29) is 17.7 Å². The SMILES string of the molecule is Cc1ccc(CNC(=O)c2cncc(C(=O)Nc3ccccc3C(C)C)c2)cc1. The second-order valence-electron chi connectivity index (χ2n) is 7.33. The topological polar surface area (TPSA) is 71.1 Å². The van der Waals surface area contributed by atoms with Crippen molar-refractivity contribution in [1.29, 1.82) is 0 Å². The quantitative estimate of drug-likeness (QED) is 0.644. The van der Waals surface area contributed by atoms with Crippen LogP contribution >= 0.6 is 0 Å². The largest absolute Gasteiger partial charge is 0.348 e. The van der Waals surface area contributed by atoms with E-state index in [4.69, 9.17) is 0 Å². The highest BCUT2D eigenvalue weighted by Crippen LogP contribution is 2.24. The van der Waals surface area contributed by atoms with Crippen LogP contribution in [-0.4, -0.2) is 16.8 Å². The average Bonchev–Trinajstić information content (AvgIpc) is 2.73. The number of hydrogen-bond donors (Lipinski definition) is 2. The van der Waals surface area contributed by atoms with Crippen molar-refractivity contribution in [3.05, 3.63) is 94.8 Å². The van der Waals surface area contributed by atoms with Crippen LogP contribution in [-0.2, 0) is 6.54 Å². The molecule has 0 aliphatic carbocycles. The molecule has 0 fully saturated rings. The normalized spacial score (nSPS) is 10.6. The van der Waals surface area contributed by atoms with Crippen molar-refractivity contribution < 1.29 is 9.59 Å². The highest BCUT2D eigenvalue weighted by atomic mass is 16.2. The molecule has 148 valence electrons. The lowest BCUT2D eigenvalue weighted by molar-refractivity contribution is 0.0950. The van der Waals surface area contributed by atoms with Gasteiger partial charge in [0.25, 0.3) is 11.8 Å². The zero-order valence-electron chi connectivity index (χ0n) is 16.9. The number of nitrogens with one attached hydrogen (secondary N) is 2. The molecule has 29 heavy (non-hydrogen) atoms. The maximum Gasteiger partial charge on any atom is 0.257 e. The van der Waals surface area contributed by atoms with Crippen molar-refractivity contribution in [3.8, 4) is 0 Å². The predicted molar refractivity (Wildman–Crippen MR) is 115 cm³/mol. The van der Waals surface area contributed by atoms with Crippen LogP contribution in [0.5, 0.6) is 0 Å². The van der Waals surface area contributed by atoms with Crippen LogP contribution in [0.15, 0.2) is 67.0 Å². The molecule has 0 saturated heterocycles. The van der Waals surface area contributed by atoms with Gasteiger partial charge >= 0.3 is 0 Å². The Morgan fingerprint density at radius 3 is 2.28 bits per heavy atom. The minimum Gasteiger partial charge on any atom is -0.348 e. The first-order chi connectivity index (χ1) is 13.9. The molecule has 0 atom stereocenters. The molecule has 1 aromatic heterocycles. The number of hydrogen-bond acceptors (Lipinski definition) is 3. The fourth-order valence-corrected chi connectivity index (χ4v) is 2.99. The van der Waals surface area contributed by atoms with Gasteiger partial charge in [0.2, 0.25) is 0 Å². The van der Waals surface area contributed by atoms with Crippen LogP contribution in [0.2, 0.25) is 0 Å². The van der Waals surface area contributed by atoms with Crippen molar-refractivity contribution in [1.82, 2.24) is 10.3 Å². The van der Waals surface area contributed by atoms with E-state index >= 15 is 0 Å². The van der Waals surface area contributed by atoms with Crippen LogP contribution < -0.4 is 10.6 Å². The summed E-state index contributed by atoms with van der Waals surface area (Å²) in [6.45, 7) is 6.58. The molecule has 3 rings (SSSR count). The maximum absolute atomic E-state index is 12.7. The zero-order valence-corrected chi connectivity index (χ0v) is 16.9. The molecule has 0 aliphatic rings. The monoisotopic (exact) mass is 387 g/mol. The summed E-state index contributed by atoms with van der Waals surface area (Å²) in [4.78, 5) is 29.2. The molecular formula is C24H25N3O2. The number of amides is 2. The van der Waals surface area contributed by atoms with Gasteiger partial charge in [-0.25, -0.2) is 0 Å². The lowest BCUT2D eigenvalue weighted by atomic mass is 10.0. The van der Waals surface area contributed by atoms with Crippen LogP contribution in [0.4, 0.5) is 5.69 Å². The number of carbonyl (C=O) groups excluding carboxylic acids is 2. The molecule has 0 aliphatic heterocycles. The van der Waals surface area contributed by atoms with E-state index in [1.807, 2.05) is 55.5 Å². The first kappa shape index (κ1) is 20.3. The fraction of sp³-hybridized carbons (Fsp3) is 0.208. The first-order valence-corrected chi connectivity index (χ1v) is 9.63. The Morgan fingerprint density at radius 1 is 0.931 bits per heavy atom. The third kappa shape index (κ3) is 5.29. The number of carbonyl (C=O) groups is 2. The summed E-state index contributed by atoms with van der Waals surface area (Å²) in [5.41, 5.74) is 4.69. The molecule has 0 radical (unpaired) electrons. The van der Waals surface area contributed by atoms with Gasteiger partial charge in [0.05, 0.1) is 11.1 Å². The predicted octanol–water partition coefficient (Wildman–Crippen LogP) is 4.70. The molecule has 0 spiro atoms. The lowest BCUT2D eigenvalue weighted by Gasteiger charge is -2.13. The molecule has 0 bridgehead atoms. The van der Waals surface area contributed by atoms with Gasteiger partial charge in [-0.05, 0) is 36.1 Å². The van der Waals surface area contributed by atoms with E-state index in [0.717, 1.165) is 16.8 Å². The summed E-state index contributed by atoms with van der Waals surface area (Å²) >= 11 is 0. The molecular weight excluding hydrogens is 362 g/mol. The minimum atomic E-state index is -0.293. The second-order valence-corrected chi connectivity index (χ2v) is 7.33. The van der Waals surface area contributed by atoms with Crippen molar-refractivity contribution >= 4 is 17.5 Å². The number of anilines is 1. The first-order valence-electron chi connectivity index (χ1n) is 9.63. The summed E-state index contributed by atoms with van der Waals surface area (Å²) in [6, 6.07) is 17.2. The summed E-state index contributed by atoms with van der Waals surface area (Å²) in [7, 11) is 0. The van der Waals surface area contributed by atoms with Gasteiger partial charge < -0.3 is 10.6 Å². The Hall–Kier alpha value is -3.47. The highest BCUT2D eigenvalue weighted by Gasteiger charge is 2.14. The molecule has 0 unspecified atom stereocenters. The summed E-state index contributed by atoms with van der Waals surface area (Å²) < 4.78 is 0. The van der Waals surface area contributed by atoms with E-state index in [0.29, 0.717) is 17.7 Å². The molecule has 5 nitrogen and oxygen atoms in total. The van der Waals surface area contributed by atoms with E-state index < -0.39 is 0 Å². The second kappa shape index (κ2) is 9.15. The van der Waals surface area contributed by atoms with Crippen LogP contribution in [0.25, 0.3) is 0 Å². The van der Waals surface area contributed by atoms with Crippen LogP contribution in [0.1, 0.15) is 57.2 Å². The molecule has 2 amide bonds. The summed E-state index contributed by atoms with van der Waals surface area (Å²) in [5, 5.41) is 5.79. The standard InChI is InChI=1S/C24H25N3O2/c1-16(2)21-6-4-5-7-22(21)27-24(29)20-12-19(14-25-15-20)23(28)26-13-18-10-8-17(3)9-11-18/h4-12,14-16H,13H2,1-3H3,(H,26,28)(H,27,29). The van der Waals surface area contributed by atoms with Crippen molar-refractivity contribution in [2.24, 2.45) is 0 Å². The van der Waals surface area contributed by atoms with Crippen molar-refractivity contribution in [2.75, 3.05) is 5.32 Å². The van der Waals surface area contributed by atoms with Gasteiger partial charge in [-0.3, -0.25) is 14.6 Å². The van der Waals surface area contributed by atoms with E-state index in [2.05, 4.69) is 29.5 Å². The van der Waals surface area contributed by atoms with Gasteiger partial charge in [0, 0.05) is 24.6 Å². The number of benzene rings is 2. The summed E-state index contributed by atoms with van der Waals surface area (Å²) in [5.74, 6) is -0.280. The van der Waals surface area contributed by atoms with Crippen molar-refractivity contribution in [3.63, 3.8) is 0 Å². The number of nitrogens with zero attached hydrogens (tertiary/aromatic N) is 1.